The van der Waals surface area contributed by atoms with Gasteiger partial charge in [-0.25, -0.2) is 4.98 Å². The van der Waals surface area contributed by atoms with Crippen LogP contribution in [0.15, 0.2) is 18.2 Å². The first-order valence-corrected chi connectivity index (χ1v) is 6.90. The number of para-hydroxylation sites is 1. The maximum Gasteiger partial charge on any atom is 0.201 e. The number of anilines is 1. The topological polar surface area (TPSA) is 56.3 Å². The van der Waals surface area contributed by atoms with E-state index in [1.165, 1.54) is 0 Å². The second-order valence-corrected chi connectivity index (χ2v) is 5.74. The third kappa shape index (κ3) is 2.58. The van der Waals surface area contributed by atoms with Crippen molar-refractivity contribution < 1.29 is 4.74 Å². The molecule has 0 saturated carbocycles. The fraction of sp³-hybridized carbons (Fsp3) is 0.533. The quantitative estimate of drug-likeness (QED) is 0.911. The van der Waals surface area contributed by atoms with Crippen molar-refractivity contribution in [1.82, 2.24) is 14.5 Å². The molecule has 0 spiro atoms. The van der Waals surface area contributed by atoms with E-state index in [4.69, 9.17) is 10.5 Å². The minimum atomic E-state index is 0.280. The summed E-state index contributed by atoms with van der Waals surface area (Å²) in [7, 11) is 5.81. The average molecular weight is 276 g/mol. The molecule has 0 amide bonds. The predicted octanol–water partition coefficient (Wildman–Crippen LogP) is 2.39. The van der Waals surface area contributed by atoms with Crippen LogP contribution in [-0.4, -0.2) is 42.2 Å². The fourth-order valence-electron chi connectivity index (χ4n) is 2.59. The third-order valence-corrected chi connectivity index (χ3v) is 3.58. The smallest absolute Gasteiger partial charge is 0.201 e. The molecule has 1 atom stereocenters. The van der Waals surface area contributed by atoms with Crippen LogP contribution in [0.4, 0.5) is 5.95 Å². The second-order valence-electron chi connectivity index (χ2n) is 5.74. The van der Waals surface area contributed by atoms with Crippen LogP contribution in [0.25, 0.3) is 11.0 Å². The number of methoxy groups -OCH3 is 1. The molecular formula is C15H24N4O. The van der Waals surface area contributed by atoms with Gasteiger partial charge < -0.3 is 19.9 Å². The highest BCUT2D eigenvalue weighted by Gasteiger charge is 2.22. The third-order valence-electron chi connectivity index (χ3n) is 3.58. The molecule has 20 heavy (non-hydrogen) atoms. The van der Waals surface area contributed by atoms with Crippen molar-refractivity contribution in [2.24, 2.45) is 5.92 Å². The van der Waals surface area contributed by atoms with Crippen molar-refractivity contribution in [3.63, 3.8) is 0 Å². The summed E-state index contributed by atoms with van der Waals surface area (Å²) < 4.78 is 7.50. The molecule has 2 aromatic rings. The van der Waals surface area contributed by atoms with Gasteiger partial charge in [-0.05, 0) is 32.1 Å². The van der Waals surface area contributed by atoms with E-state index >= 15 is 0 Å². The van der Waals surface area contributed by atoms with Crippen LogP contribution < -0.4 is 10.5 Å². The van der Waals surface area contributed by atoms with Gasteiger partial charge in [-0.3, -0.25) is 0 Å². The van der Waals surface area contributed by atoms with Crippen molar-refractivity contribution >= 4 is 17.0 Å². The minimum absolute atomic E-state index is 0.280. The van der Waals surface area contributed by atoms with E-state index < -0.39 is 0 Å². The van der Waals surface area contributed by atoms with Crippen LogP contribution in [0.5, 0.6) is 5.75 Å². The number of rotatable bonds is 5. The standard InChI is InChI=1S/C15H24N4O/c1-10(2)12(9-18(3)4)19-11-7-6-8-13(20-5)14(11)17-15(19)16/h6-8,10,12H,9H2,1-5H3,(H2,16,17). The van der Waals surface area contributed by atoms with Gasteiger partial charge in [0.15, 0.2) is 0 Å². The Morgan fingerprint density at radius 3 is 2.60 bits per heavy atom. The lowest BCUT2D eigenvalue weighted by Gasteiger charge is -2.27. The molecule has 0 fully saturated rings. The molecule has 5 nitrogen and oxygen atoms in total. The zero-order valence-corrected chi connectivity index (χ0v) is 12.9. The zero-order valence-electron chi connectivity index (χ0n) is 12.9. The van der Waals surface area contributed by atoms with Crippen LogP contribution in [0.1, 0.15) is 19.9 Å². The Morgan fingerprint density at radius 1 is 1.35 bits per heavy atom. The van der Waals surface area contributed by atoms with Crippen molar-refractivity contribution in [2.75, 3.05) is 33.5 Å². The SMILES string of the molecule is COc1cccc2c1nc(N)n2C(CN(C)C)C(C)C. The van der Waals surface area contributed by atoms with E-state index in [1.54, 1.807) is 7.11 Å². The number of benzene rings is 1. The largest absolute Gasteiger partial charge is 0.494 e. The Kier molecular flexibility index (Phi) is 4.18. The Labute approximate surface area is 120 Å². The van der Waals surface area contributed by atoms with E-state index in [9.17, 15) is 0 Å². The van der Waals surface area contributed by atoms with Gasteiger partial charge >= 0.3 is 0 Å². The number of likely N-dealkylation sites (N-methyl/N-ethyl adjacent to an activating group) is 1. The number of ether oxygens (including phenoxy) is 1. The second kappa shape index (κ2) is 5.71. The summed E-state index contributed by atoms with van der Waals surface area (Å²) in [5, 5.41) is 0. The first-order chi connectivity index (χ1) is 9.45. The number of imidazole rings is 1. The van der Waals surface area contributed by atoms with Gasteiger partial charge in [0.2, 0.25) is 5.95 Å². The van der Waals surface area contributed by atoms with Crippen molar-refractivity contribution in [3.8, 4) is 5.75 Å². The Morgan fingerprint density at radius 2 is 2.05 bits per heavy atom. The molecule has 5 heteroatoms. The molecule has 2 rings (SSSR count). The molecule has 1 aromatic carbocycles. The van der Waals surface area contributed by atoms with Gasteiger partial charge in [-0.2, -0.15) is 0 Å². The van der Waals surface area contributed by atoms with Gasteiger partial charge in [0.1, 0.15) is 11.3 Å². The summed E-state index contributed by atoms with van der Waals surface area (Å²) in [5.74, 6) is 1.77. The van der Waals surface area contributed by atoms with Gasteiger partial charge in [-0.1, -0.05) is 19.9 Å². The molecule has 1 unspecified atom stereocenters. The van der Waals surface area contributed by atoms with Crippen molar-refractivity contribution in [2.45, 2.75) is 19.9 Å². The van der Waals surface area contributed by atoms with Crippen LogP contribution >= 0.6 is 0 Å². The molecule has 0 aliphatic carbocycles. The number of hydrogen-bond acceptors (Lipinski definition) is 4. The van der Waals surface area contributed by atoms with Gasteiger partial charge in [0.05, 0.1) is 18.7 Å². The molecule has 1 aromatic heterocycles. The van der Waals surface area contributed by atoms with Crippen LogP contribution in [0, 0.1) is 5.92 Å². The zero-order chi connectivity index (χ0) is 14.9. The fourth-order valence-corrected chi connectivity index (χ4v) is 2.59. The summed E-state index contributed by atoms with van der Waals surface area (Å²) in [6.07, 6.45) is 0. The Hall–Kier alpha value is -1.75. The Balaban J connectivity index is 2.60. The van der Waals surface area contributed by atoms with Crippen LogP contribution in [-0.2, 0) is 0 Å². The van der Waals surface area contributed by atoms with E-state index in [0.29, 0.717) is 11.9 Å². The van der Waals surface area contributed by atoms with E-state index in [1.807, 2.05) is 18.2 Å². The molecule has 0 aliphatic heterocycles. The van der Waals surface area contributed by atoms with Crippen LogP contribution in [0.2, 0.25) is 0 Å². The molecule has 2 N–H and O–H groups in total. The highest BCUT2D eigenvalue weighted by molar-refractivity contribution is 5.84. The number of nitrogen functional groups attached to an aromatic ring is 1. The molecule has 0 radical (unpaired) electrons. The normalized spacial score (nSPS) is 13.3. The number of fused-ring (bicyclic) bond motifs is 1. The lowest BCUT2D eigenvalue weighted by molar-refractivity contribution is 0.275. The highest BCUT2D eigenvalue weighted by Crippen LogP contribution is 2.32. The number of nitrogens with two attached hydrogens (primary N) is 1. The monoisotopic (exact) mass is 276 g/mol. The summed E-state index contributed by atoms with van der Waals surface area (Å²) in [6, 6.07) is 6.22. The van der Waals surface area contributed by atoms with Crippen molar-refractivity contribution in [3.05, 3.63) is 18.2 Å². The summed E-state index contributed by atoms with van der Waals surface area (Å²) in [5.41, 5.74) is 8.03. The number of hydrogen-bond donors (Lipinski definition) is 1. The van der Waals surface area contributed by atoms with Gasteiger partial charge in [0, 0.05) is 6.54 Å². The summed E-state index contributed by atoms with van der Waals surface area (Å²) in [4.78, 5) is 6.67. The molecule has 0 bridgehead atoms. The van der Waals surface area contributed by atoms with E-state index in [-0.39, 0.29) is 6.04 Å². The first kappa shape index (κ1) is 14.7. The van der Waals surface area contributed by atoms with Crippen LogP contribution in [0.3, 0.4) is 0 Å². The molecule has 0 saturated heterocycles. The molecule has 110 valence electrons. The molecule has 1 heterocycles. The van der Waals surface area contributed by atoms with Gasteiger partial charge in [-0.15, -0.1) is 0 Å². The summed E-state index contributed by atoms with van der Waals surface area (Å²) in [6.45, 7) is 5.34. The minimum Gasteiger partial charge on any atom is -0.494 e. The maximum atomic E-state index is 6.17. The van der Waals surface area contributed by atoms with Crippen molar-refractivity contribution in [1.29, 1.82) is 0 Å². The Bertz CT molecular complexity index is 589. The first-order valence-electron chi connectivity index (χ1n) is 6.90. The highest BCUT2D eigenvalue weighted by atomic mass is 16.5. The van der Waals surface area contributed by atoms with E-state index in [2.05, 4.69) is 42.4 Å². The average Bonchev–Trinajstić information content (AvgIpc) is 2.71. The number of nitrogens with zero attached hydrogens (tertiary/aromatic N) is 3. The molecule has 0 aliphatic rings. The van der Waals surface area contributed by atoms with E-state index in [0.717, 1.165) is 23.3 Å². The lowest BCUT2D eigenvalue weighted by atomic mass is 10.0. The molecular weight excluding hydrogens is 252 g/mol. The van der Waals surface area contributed by atoms with Gasteiger partial charge in [0.25, 0.3) is 0 Å². The summed E-state index contributed by atoms with van der Waals surface area (Å²) >= 11 is 0. The lowest BCUT2D eigenvalue weighted by Crippen LogP contribution is -2.28. The maximum absolute atomic E-state index is 6.17. The number of aromatic nitrogens is 2. The predicted molar refractivity (Wildman–Crippen MR) is 83.1 cm³/mol.